The van der Waals surface area contributed by atoms with Crippen molar-refractivity contribution in [1.82, 2.24) is 9.97 Å². The SMILES string of the molecule is c1ccc(-c2nc(-c3nc4ccccc4o3)cs2)cc1. The molecule has 4 heteroatoms. The molecule has 0 saturated carbocycles. The van der Waals surface area contributed by atoms with Crippen LogP contribution in [-0.2, 0) is 0 Å². The lowest BCUT2D eigenvalue weighted by Gasteiger charge is -1.93. The summed E-state index contributed by atoms with van der Waals surface area (Å²) in [5.41, 5.74) is 3.54. The van der Waals surface area contributed by atoms with Gasteiger partial charge >= 0.3 is 0 Å². The van der Waals surface area contributed by atoms with E-state index in [1.54, 1.807) is 11.3 Å². The molecule has 3 nitrogen and oxygen atoms in total. The number of hydrogen-bond donors (Lipinski definition) is 0. The molecule has 0 bridgehead atoms. The molecule has 0 N–H and O–H groups in total. The number of rotatable bonds is 2. The molecule has 0 spiro atoms. The molecule has 0 atom stereocenters. The van der Waals surface area contributed by atoms with E-state index in [9.17, 15) is 0 Å². The van der Waals surface area contributed by atoms with Crippen LogP contribution in [0, 0.1) is 0 Å². The second-order valence-corrected chi connectivity index (χ2v) is 5.25. The van der Waals surface area contributed by atoms with Crippen LogP contribution in [0.25, 0.3) is 33.3 Å². The predicted octanol–water partition coefficient (Wildman–Crippen LogP) is 4.62. The molecule has 96 valence electrons. The highest BCUT2D eigenvalue weighted by molar-refractivity contribution is 7.13. The number of para-hydroxylation sites is 2. The number of nitrogens with zero attached hydrogens (tertiary/aromatic N) is 2. The molecule has 0 aliphatic carbocycles. The Balaban J connectivity index is 1.78. The second kappa shape index (κ2) is 4.58. The lowest BCUT2D eigenvalue weighted by molar-refractivity contribution is 0.617. The summed E-state index contributed by atoms with van der Waals surface area (Å²) in [6.07, 6.45) is 0. The quantitative estimate of drug-likeness (QED) is 0.537. The van der Waals surface area contributed by atoms with Gasteiger partial charge in [0.2, 0.25) is 5.89 Å². The maximum absolute atomic E-state index is 5.74. The van der Waals surface area contributed by atoms with Gasteiger partial charge in [-0.2, -0.15) is 0 Å². The van der Waals surface area contributed by atoms with Crippen molar-refractivity contribution >= 4 is 22.4 Å². The highest BCUT2D eigenvalue weighted by Crippen LogP contribution is 2.29. The number of benzene rings is 2. The maximum Gasteiger partial charge on any atom is 0.247 e. The Morgan fingerprint density at radius 2 is 1.65 bits per heavy atom. The fraction of sp³-hybridized carbons (Fsp3) is 0. The Morgan fingerprint density at radius 1 is 0.850 bits per heavy atom. The first-order valence-electron chi connectivity index (χ1n) is 6.27. The Hall–Kier alpha value is -2.46. The van der Waals surface area contributed by atoms with Gasteiger partial charge in [0, 0.05) is 10.9 Å². The van der Waals surface area contributed by atoms with E-state index in [2.05, 4.69) is 22.1 Å². The van der Waals surface area contributed by atoms with Gasteiger partial charge in [0.05, 0.1) is 0 Å². The van der Waals surface area contributed by atoms with Crippen LogP contribution in [0.3, 0.4) is 0 Å². The van der Waals surface area contributed by atoms with E-state index >= 15 is 0 Å². The van der Waals surface area contributed by atoms with Gasteiger partial charge in [0.15, 0.2) is 5.58 Å². The van der Waals surface area contributed by atoms with Crippen LogP contribution >= 0.6 is 11.3 Å². The third kappa shape index (κ3) is 1.90. The molecular weight excluding hydrogens is 268 g/mol. The second-order valence-electron chi connectivity index (χ2n) is 4.39. The summed E-state index contributed by atoms with van der Waals surface area (Å²) < 4.78 is 5.74. The molecular formula is C16H10N2OS. The first-order chi connectivity index (χ1) is 9.90. The van der Waals surface area contributed by atoms with E-state index in [0.717, 1.165) is 27.4 Å². The van der Waals surface area contributed by atoms with Crippen molar-refractivity contribution in [1.29, 1.82) is 0 Å². The molecule has 2 aromatic carbocycles. The molecule has 0 unspecified atom stereocenters. The molecule has 4 aromatic rings. The van der Waals surface area contributed by atoms with Crippen molar-refractivity contribution in [2.24, 2.45) is 0 Å². The molecule has 4 rings (SSSR count). The minimum Gasteiger partial charge on any atom is -0.435 e. The number of fused-ring (bicyclic) bond motifs is 1. The number of thiazole rings is 1. The fourth-order valence-corrected chi connectivity index (χ4v) is 2.87. The Bertz CT molecular complexity index is 831. The van der Waals surface area contributed by atoms with Gasteiger partial charge in [-0.15, -0.1) is 11.3 Å². The number of hydrogen-bond acceptors (Lipinski definition) is 4. The van der Waals surface area contributed by atoms with Gasteiger partial charge < -0.3 is 4.42 Å². The van der Waals surface area contributed by atoms with Gasteiger partial charge in [0.1, 0.15) is 16.2 Å². The molecule has 0 radical (unpaired) electrons. The molecule has 0 amide bonds. The highest BCUT2D eigenvalue weighted by Gasteiger charge is 2.12. The largest absolute Gasteiger partial charge is 0.435 e. The zero-order chi connectivity index (χ0) is 13.4. The van der Waals surface area contributed by atoms with Gasteiger partial charge in [-0.3, -0.25) is 0 Å². The molecule has 2 heterocycles. The van der Waals surface area contributed by atoms with E-state index in [1.807, 2.05) is 47.8 Å². The van der Waals surface area contributed by atoms with E-state index in [4.69, 9.17) is 4.42 Å². The van der Waals surface area contributed by atoms with Gasteiger partial charge in [-0.25, -0.2) is 9.97 Å². The summed E-state index contributed by atoms with van der Waals surface area (Å²) in [6.45, 7) is 0. The van der Waals surface area contributed by atoms with Gasteiger partial charge in [-0.05, 0) is 12.1 Å². The van der Waals surface area contributed by atoms with Crippen molar-refractivity contribution in [3.8, 4) is 22.2 Å². The first kappa shape index (κ1) is 11.4. The average Bonchev–Trinajstić information content (AvgIpc) is 3.14. The van der Waals surface area contributed by atoms with E-state index in [-0.39, 0.29) is 0 Å². The van der Waals surface area contributed by atoms with E-state index < -0.39 is 0 Å². The van der Waals surface area contributed by atoms with Crippen molar-refractivity contribution in [2.45, 2.75) is 0 Å². The number of aromatic nitrogens is 2. The summed E-state index contributed by atoms with van der Waals surface area (Å²) in [5.74, 6) is 0.574. The van der Waals surface area contributed by atoms with Crippen LogP contribution in [0.5, 0.6) is 0 Å². The standard InChI is InChI=1S/C16H10N2OS/c1-2-6-11(7-3-1)16-18-13(10-20-16)15-17-12-8-4-5-9-14(12)19-15/h1-10H. The molecule has 0 saturated heterocycles. The van der Waals surface area contributed by atoms with E-state index in [1.165, 1.54) is 0 Å². The average molecular weight is 278 g/mol. The Morgan fingerprint density at radius 3 is 2.50 bits per heavy atom. The first-order valence-corrected chi connectivity index (χ1v) is 7.15. The monoisotopic (exact) mass is 278 g/mol. The van der Waals surface area contributed by atoms with Crippen LogP contribution in [-0.4, -0.2) is 9.97 Å². The lowest BCUT2D eigenvalue weighted by Crippen LogP contribution is -1.78. The fourth-order valence-electron chi connectivity index (χ4n) is 2.07. The molecule has 0 fully saturated rings. The van der Waals surface area contributed by atoms with Crippen LogP contribution in [0.1, 0.15) is 0 Å². The highest BCUT2D eigenvalue weighted by atomic mass is 32.1. The summed E-state index contributed by atoms with van der Waals surface area (Å²) in [7, 11) is 0. The van der Waals surface area contributed by atoms with Crippen LogP contribution in [0.2, 0.25) is 0 Å². The minimum absolute atomic E-state index is 0.574. The van der Waals surface area contributed by atoms with Crippen molar-refractivity contribution in [3.05, 3.63) is 60.0 Å². The van der Waals surface area contributed by atoms with Crippen molar-refractivity contribution in [2.75, 3.05) is 0 Å². The third-order valence-electron chi connectivity index (χ3n) is 3.04. The van der Waals surface area contributed by atoms with Crippen molar-refractivity contribution < 1.29 is 4.42 Å². The summed E-state index contributed by atoms with van der Waals surface area (Å²) in [4.78, 5) is 9.08. The van der Waals surface area contributed by atoms with Gasteiger partial charge in [0.25, 0.3) is 0 Å². The zero-order valence-electron chi connectivity index (χ0n) is 10.5. The topological polar surface area (TPSA) is 38.9 Å². The van der Waals surface area contributed by atoms with Crippen LogP contribution in [0.15, 0.2) is 64.4 Å². The van der Waals surface area contributed by atoms with E-state index in [0.29, 0.717) is 5.89 Å². The summed E-state index contributed by atoms with van der Waals surface area (Å²) >= 11 is 1.60. The predicted molar refractivity (Wildman–Crippen MR) is 80.6 cm³/mol. The third-order valence-corrected chi connectivity index (χ3v) is 3.93. The lowest BCUT2D eigenvalue weighted by atomic mass is 10.2. The Labute approximate surface area is 119 Å². The van der Waals surface area contributed by atoms with Crippen molar-refractivity contribution in [3.63, 3.8) is 0 Å². The minimum atomic E-state index is 0.574. The zero-order valence-corrected chi connectivity index (χ0v) is 11.3. The molecule has 20 heavy (non-hydrogen) atoms. The smallest absolute Gasteiger partial charge is 0.247 e. The Kier molecular flexibility index (Phi) is 2.60. The molecule has 0 aliphatic rings. The summed E-state index contributed by atoms with van der Waals surface area (Å²) in [5, 5.41) is 2.95. The summed E-state index contributed by atoms with van der Waals surface area (Å²) in [6, 6.07) is 17.9. The number of oxazole rings is 1. The van der Waals surface area contributed by atoms with Gasteiger partial charge in [-0.1, -0.05) is 42.5 Å². The molecule has 0 aliphatic heterocycles. The molecule has 2 aromatic heterocycles. The van der Waals surface area contributed by atoms with Crippen LogP contribution in [0.4, 0.5) is 0 Å². The van der Waals surface area contributed by atoms with Crippen LogP contribution < -0.4 is 0 Å². The maximum atomic E-state index is 5.74. The normalized spacial score (nSPS) is 11.0.